The Balaban J connectivity index is 2.41. The van der Waals surface area contributed by atoms with Crippen molar-refractivity contribution in [2.45, 2.75) is 38.6 Å². The Labute approximate surface area is 96.8 Å². The summed E-state index contributed by atoms with van der Waals surface area (Å²) in [7, 11) is -1.88. The Kier molecular flexibility index (Phi) is 4.73. The molecule has 0 radical (unpaired) electrons. The molecule has 1 rings (SSSR count). The molecule has 0 aromatic heterocycles. The second-order valence-corrected chi connectivity index (χ2v) is 5.97. The van der Waals surface area contributed by atoms with Crippen LogP contribution in [-0.2, 0) is 19.6 Å². The van der Waals surface area contributed by atoms with Crippen LogP contribution < -0.4 is 0 Å². The zero-order valence-electron chi connectivity index (χ0n) is 9.81. The molecule has 1 aliphatic carbocycles. The first kappa shape index (κ1) is 13.4. The van der Waals surface area contributed by atoms with Crippen molar-refractivity contribution in [2.75, 3.05) is 19.4 Å². The molecule has 0 heterocycles. The first-order chi connectivity index (χ1) is 7.51. The average molecular weight is 249 g/mol. The van der Waals surface area contributed by atoms with E-state index in [0.717, 1.165) is 12.8 Å². The molecule has 0 aromatic carbocycles. The predicted molar refractivity (Wildman–Crippen MR) is 60.4 cm³/mol. The van der Waals surface area contributed by atoms with Crippen molar-refractivity contribution in [3.8, 4) is 0 Å². The molecule has 16 heavy (non-hydrogen) atoms. The summed E-state index contributed by atoms with van der Waals surface area (Å²) in [5, 5.41) is 0. The van der Waals surface area contributed by atoms with Gasteiger partial charge in [0, 0.05) is 19.0 Å². The third-order valence-electron chi connectivity index (χ3n) is 2.63. The first-order valence-corrected chi connectivity index (χ1v) is 7.18. The summed E-state index contributed by atoms with van der Waals surface area (Å²) in [5.74, 6) is -0.323. The number of sulfonamides is 1. The summed E-state index contributed by atoms with van der Waals surface area (Å²) in [5.41, 5.74) is 0. The maximum absolute atomic E-state index is 11.9. The lowest BCUT2D eigenvalue weighted by Gasteiger charge is -2.19. The van der Waals surface area contributed by atoms with Crippen LogP contribution >= 0.6 is 0 Å². The standard InChI is InChI=1S/C10H19NO4S/c1-3-11(9-6-7-9)16(13,14)8-4-5-10(12)15-2/h9H,3-8H2,1-2H3. The molecule has 0 aromatic rings. The van der Waals surface area contributed by atoms with Crippen molar-refractivity contribution in [1.29, 1.82) is 0 Å². The summed E-state index contributed by atoms with van der Waals surface area (Å²) in [6.07, 6.45) is 2.42. The Morgan fingerprint density at radius 3 is 2.50 bits per heavy atom. The average Bonchev–Trinajstić information content (AvgIpc) is 3.02. The Bertz CT molecular complexity index is 335. The second-order valence-electron chi connectivity index (χ2n) is 3.93. The number of esters is 1. The van der Waals surface area contributed by atoms with Gasteiger partial charge in [0.1, 0.15) is 0 Å². The molecule has 0 aliphatic heterocycles. The summed E-state index contributed by atoms with van der Waals surface area (Å²) >= 11 is 0. The van der Waals surface area contributed by atoms with Crippen molar-refractivity contribution >= 4 is 16.0 Å². The SMILES string of the molecule is CCN(C1CC1)S(=O)(=O)CCCC(=O)OC. The third kappa shape index (κ3) is 3.75. The van der Waals surface area contributed by atoms with Crippen LogP contribution in [0.3, 0.4) is 0 Å². The van der Waals surface area contributed by atoms with Crippen LogP contribution in [0.1, 0.15) is 32.6 Å². The molecule has 0 spiro atoms. The molecule has 1 aliphatic rings. The number of rotatable bonds is 7. The number of nitrogens with zero attached hydrogens (tertiary/aromatic N) is 1. The molecular weight excluding hydrogens is 230 g/mol. The number of methoxy groups -OCH3 is 1. The molecule has 5 nitrogen and oxygen atoms in total. The molecule has 0 amide bonds. The van der Waals surface area contributed by atoms with Crippen LogP contribution in [0.2, 0.25) is 0 Å². The minimum absolute atomic E-state index is 0.0342. The Hall–Kier alpha value is -0.620. The van der Waals surface area contributed by atoms with Crippen LogP contribution in [0, 0.1) is 0 Å². The van der Waals surface area contributed by atoms with Gasteiger partial charge in [-0.2, -0.15) is 4.31 Å². The zero-order chi connectivity index (χ0) is 12.2. The topological polar surface area (TPSA) is 63.7 Å². The normalized spacial score (nSPS) is 16.4. The monoisotopic (exact) mass is 249 g/mol. The van der Waals surface area contributed by atoms with Gasteiger partial charge in [-0.1, -0.05) is 6.92 Å². The Morgan fingerprint density at radius 1 is 1.44 bits per heavy atom. The van der Waals surface area contributed by atoms with E-state index in [0.29, 0.717) is 13.0 Å². The lowest BCUT2D eigenvalue weighted by atomic mass is 10.3. The number of ether oxygens (including phenoxy) is 1. The fourth-order valence-electron chi connectivity index (χ4n) is 1.66. The van der Waals surface area contributed by atoms with E-state index in [2.05, 4.69) is 4.74 Å². The van der Waals surface area contributed by atoms with Crippen molar-refractivity contribution in [3.63, 3.8) is 0 Å². The van der Waals surface area contributed by atoms with Crippen molar-refractivity contribution in [2.24, 2.45) is 0 Å². The highest BCUT2D eigenvalue weighted by molar-refractivity contribution is 7.89. The minimum atomic E-state index is -3.19. The number of hydrogen-bond acceptors (Lipinski definition) is 4. The van der Waals surface area contributed by atoms with E-state index in [4.69, 9.17) is 0 Å². The molecule has 1 saturated carbocycles. The smallest absolute Gasteiger partial charge is 0.305 e. The van der Waals surface area contributed by atoms with Gasteiger partial charge in [-0.15, -0.1) is 0 Å². The van der Waals surface area contributed by atoms with Gasteiger partial charge in [0.25, 0.3) is 0 Å². The van der Waals surface area contributed by atoms with E-state index in [1.54, 1.807) is 4.31 Å². The van der Waals surface area contributed by atoms with Crippen LogP contribution in [-0.4, -0.2) is 44.1 Å². The highest BCUT2D eigenvalue weighted by atomic mass is 32.2. The largest absolute Gasteiger partial charge is 0.469 e. The van der Waals surface area contributed by atoms with Crippen LogP contribution in [0.5, 0.6) is 0 Å². The lowest BCUT2D eigenvalue weighted by Crippen LogP contribution is -2.34. The van der Waals surface area contributed by atoms with Crippen molar-refractivity contribution < 1.29 is 17.9 Å². The quantitative estimate of drug-likeness (QED) is 0.625. The van der Waals surface area contributed by atoms with E-state index in [-0.39, 0.29) is 24.2 Å². The summed E-state index contributed by atoms with van der Waals surface area (Å²) < 4.78 is 29.8. The highest BCUT2D eigenvalue weighted by Crippen LogP contribution is 2.29. The lowest BCUT2D eigenvalue weighted by molar-refractivity contribution is -0.140. The first-order valence-electron chi connectivity index (χ1n) is 5.57. The molecular formula is C10H19NO4S. The maximum Gasteiger partial charge on any atom is 0.305 e. The van der Waals surface area contributed by atoms with Gasteiger partial charge in [0.15, 0.2) is 0 Å². The van der Waals surface area contributed by atoms with Gasteiger partial charge in [-0.3, -0.25) is 4.79 Å². The Morgan fingerprint density at radius 2 is 2.06 bits per heavy atom. The summed E-state index contributed by atoms with van der Waals surface area (Å²) in [4.78, 5) is 10.9. The van der Waals surface area contributed by atoms with Crippen molar-refractivity contribution in [1.82, 2.24) is 4.31 Å². The van der Waals surface area contributed by atoms with E-state index >= 15 is 0 Å². The van der Waals surface area contributed by atoms with Gasteiger partial charge >= 0.3 is 5.97 Å². The van der Waals surface area contributed by atoms with Gasteiger partial charge in [0.05, 0.1) is 12.9 Å². The molecule has 6 heteroatoms. The van der Waals surface area contributed by atoms with Crippen LogP contribution in [0.15, 0.2) is 0 Å². The molecule has 0 bridgehead atoms. The molecule has 0 N–H and O–H groups in total. The summed E-state index contributed by atoms with van der Waals surface area (Å²) in [6, 6.07) is 0.202. The summed E-state index contributed by atoms with van der Waals surface area (Å²) in [6.45, 7) is 2.36. The molecule has 0 unspecified atom stereocenters. The molecule has 1 fully saturated rings. The second kappa shape index (κ2) is 5.63. The van der Waals surface area contributed by atoms with Gasteiger partial charge in [-0.25, -0.2) is 8.42 Å². The molecule has 0 atom stereocenters. The number of carbonyl (C=O) groups excluding carboxylic acids is 1. The van der Waals surface area contributed by atoms with E-state index < -0.39 is 10.0 Å². The fourth-order valence-corrected chi connectivity index (χ4v) is 3.46. The molecule has 0 saturated heterocycles. The van der Waals surface area contributed by atoms with Gasteiger partial charge in [-0.05, 0) is 19.3 Å². The highest BCUT2D eigenvalue weighted by Gasteiger charge is 2.35. The van der Waals surface area contributed by atoms with Gasteiger partial charge < -0.3 is 4.74 Å². The maximum atomic E-state index is 11.9. The van der Waals surface area contributed by atoms with E-state index in [9.17, 15) is 13.2 Å². The van der Waals surface area contributed by atoms with Gasteiger partial charge in [0.2, 0.25) is 10.0 Å². The third-order valence-corrected chi connectivity index (χ3v) is 4.71. The van der Waals surface area contributed by atoms with Crippen LogP contribution in [0.25, 0.3) is 0 Å². The fraction of sp³-hybridized carbons (Fsp3) is 0.900. The van der Waals surface area contributed by atoms with Crippen molar-refractivity contribution in [3.05, 3.63) is 0 Å². The zero-order valence-corrected chi connectivity index (χ0v) is 10.6. The molecule has 94 valence electrons. The number of hydrogen-bond donors (Lipinski definition) is 0. The van der Waals surface area contributed by atoms with E-state index in [1.807, 2.05) is 6.92 Å². The number of carbonyl (C=O) groups is 1. The predicted octanol–water partition coefficient (Wildman–Crippen LogP) is 0.754. The van der Waals surface area contributed by atoms with E-state index in [1.165, 1.54) is 7.11 Å². The minimum Gasteiger partial charge on any atom is -0.469 e. The van der Waals surface area contributed by atoms with Crippen LogP contribution in [0.4, 0.5) is 0 Å².